The molecule has 2 atom stereocenters. The second-order valence-electron chi connectivity index (χ2n) is 12.8. The van der Waals surface area contributed by atoms with Crippen molar-refractivity contribution < 1.29 is 0 Å². The number of amidine groups is 2. The molecule has 0 aromatic heterocycles. The van der Waals surface area contributed by atoms with Gasteiger partial charge in [-0.3, -0.25) is 5.41 Å². The predicted octanol–water partition coefficient (Wildman–Crippen LogP) is 9.36. The monoisotopic (exact) mass is 552 g/mol. The number of anilines is 1. The first-order valence-electron chi connectivity index (χ1n) is 15.7. The highest BCUT2D eigenvalue weighted by Gasteiger charge is 2.22. The minimum atomic E-state index is -0.362. The van der Waals surface area contributed by atoms with Crippen molar-refractivity contribution in [2.45, 2.75) is 121 Å². The van der Waals surface area contributed by atoms with E-state index in [0.717, 1.165) is 24.3 Å². The molecule has 1 aromatic carbocycles. The molecule has 6 heteroatoms. The van der Waals surface area contributed by atoms with E-state index < -0.39 is 0 Å². The van der Waals surface area contributed by atoms with Gasteiger partial charge in [-0.05, 0) is 61.3 Å². The van der Waals surface area contributed by atoms with Crippen LogP contribution < -0.4 is 10.6 Å². The van der Waals surface area contributed by atoms with E-state index >= 15 is 0 Å². The van der Waals surface area contributed by atoms with E-state index in [1.807, 2.05) is 34.6 Å². The number of benzene rings is 1. The van der Waals surface area contributed by atoms with E-state index in [0.29, 0.717) is 23.4 Å². The van der Waals surface area contributed by atoms with Gasteiger partial charge in [-0.2, -0.15) is 0 Å². The van der Waals surface area contributed by atoms with Crippen molar-refractivity contribution in [2.75, 3.05) is 18.0 Å². The molecule has 0 aliphatic heterocycles. The molecule has 226 valence electrons. The Bertz CT molecular complexity index is 980. The van der Waals surface area contributed by atoms with Crippen molar-refractivity contribution in [3.63, 3.8) is 0 Å². The van der Waals surface area contributed by atoms with Crippen LogP contribution in [0.3, 0.4) is 0 Å². The zero-order chi connectivity index (χ0) is 30.5. The fourth-order valence-electron chi connectivity index (χ4n) is 4.68. The lowest BCUT2D eigenvalue weighted by molar-refractivity contribution is 0.403. The topological polar surface area (TPSA) is 102 Å². The van der Waals surface area contributed by atoms with E-state index in [4.69, 9.17) is 21.5 Å². The number of aryl methyl sites for hydroxylation is 1. The van der Waals surface area contributed by atoms with Gasteiger partial charge >= 0.3 is 0 Å². The second kappa shape index (κ2) is 17.3. The average Bonchev–Trinajstić information content (AvgIpc) is 2.90. The Morgan fingerprint density at radius 2 is 1.45 bits per heavy atom. The summed E-state index contributed by atoms with van der Waals surface area (Å²) in [7, 11) is 0. The normalized spacial score (nSPS) is 14.4. The number of hydrogen-bond acceptors (Lipinski definition) is 4. The Morgan fingerprint density at radius 1 is 0.925 bits per heavy atom. The first-order chi connectivity index (χ1) is 18.8. The Morgan fingerprint density at radius 3 is 1.85 bits per heavy atom. The van der Waals surface area contributed by atoms with E-state index in [1.54, 1.807) is 0 Å². The van der Waals surface area contributed by atoms with Gasteiger partial charge in [-0.15, -0.1) is 0 Å². The smallest absolute Gasteiger partial charge is 0.174 e. The second-order valence-corrected chi connectivity index (χ2v) is 12.8. The average molecular weight is 553 g/mol. The zero-order valence-electron chi connectivity index (χ0n) is 27.5. The maximum absolute atomic E-state index is 8.68. The van der Waals surface area contributed by atoms with Crippen molar-refractivity contribution in [2.24, 2.45) is 38.9 Å². The third-order valence-corrected chi connectivity index (χ3v) is 7.88. The van der Waals surface area contributed by atoms with Crippen LogP contribution in [0, 0.1) is 40.9 Å². The lowest BCUT2D eigenvalue weighted by atomic mass is 9.95. The number of unbranched alkanes of at least 4 members (excludes halogenated alkanes) is 2. The summed E-state index contributed by atoms with van der Waals surface area (Å²) in [4.78, 5) is 11.8. The number of rotatable bonds is 17. The number of aliphatic imine (C=N–C) groups is 2. The van der Waals surface area contributed by atoms with Gasteiger partial charge in [0.25, 0.3) is 0 Å². The summed E-state index contributed by atoms with van der Waals surface area (Å²) >= 11 is 0. The maximum atomic E-state index is 8.68. The summed E-state index contributed by atoms with van der Waals surface area (Å²) in [5.41, 5.74) is 9.46. The predicted molar refractivity (Wildman–Crippen MR) is 178 cm³/mol. The Balaban J connectivity index is 3.49. The molecule has 1 rings (SSSR count). The van der Waals surface area contributed by atoms with Crippen LogP contribution in [0.1, 0.15) is 119 Å². The van der Waals surface area contributed by atoms with Crippen LogP contribution in [0.2, 0.25) is 0 Å². The number of hydrogen-bond donors (Lipinski definition) is 3. The fourth-order valence-corrected chi connectivity index (χ4v) is 4.68. The van der Waals surface area contributed by atoms with E-state index in [1.165, 1.54) is 57.1 Å². The third-order valence-electron chi connectivity index (χ3n) is 7.88. The lowest BCUT2D eigenvalue weighted by Crippen LogP contribution is -2.34. The first-order valence-corrected chi connectivity index (χ1v) is 15.7. The van der Waals surface area contributed by atoms with E-state index in [2.05, 4.69) is 62.7 Å². The molecule has 0 amide bonds. The van der Waals surface area contributed by atoms with Gasteiger partial charge in [-0.25, -0.2) is 9.98 Å². The number of nitrogens with one attached hydrogen (secondary N) is 2. The highest BCUT2D eigenvalue weighted by Crippen LogP contribution is 2.29. The fraction of sp³-hybridized carbons (Fsp3) is 0.706. The van der Waals surface area contributed by atoms with Crippen LogP contribution in [0.5, 0.6) is 0 Å². The molecular weight excluding hydrogens is 492 g/mol. The summed E-state index contributed by atoms with van der Waals surface area (Å²) in [6.45, 7) is 23.2. The Kier molecular flexibility index (Phi) is 15.4. The van der Waals surface area contributed by atoms with Crippen LogP contribution in [-0.4, -0.2) is 36.2 Å². The molecule has 1 aromatic rings. The summed E-state index contributed by atoms with van der Waals surface area (Å²) in [5, 5.41) is 17.3. The van der Waals surface area contributed by atoms with Crippen molar-refractivity contribution in [1.82, 2.24) is 0 Å². The lowest BCUT2D eigenvalue weighted by Gasteiger charge is -2.33. The van der Waals surface area contributed by atoms with Gasteiger partial charge in [0.1, 0.15) is 11.5 Å². The summed E-state index contributed by atoms with van der Waals surface area (Å²) in [6, 6.07) is 6.47. The van der Waals surface area contributed by atoms with E-state index in [9.17, 15) is 0 Å². The van der Waals surface area contributed by atoms with Crippen molar-refractivity contribution in [3.8, 4) is 0 Å². The molecule has 0 fully saturated rings. The maximum Gasteiger partial charge on any atom is 0.174 e. The summed E-state index contributed by atoms with van der Waals surface area (Å²) in [6.07, 6.45) is 10.00. The molecule has 0 bridgehead atoms. The molecule has 6 nitrogen and oxygen atoms in total. The van der Waals surface area contributed by atoms with Crippen LogP contribution >= 0.6 is 0 Å². The quantitative estimate of drug-likeness (QED) is 0.132. The van der Waals surface area contributed by atoms with Gasteiger partial charge in [0, 0.05) is 24.2 Å². The Labute approximate surface area is 246 Å². The molecule has 0 spiro atoms. The molecule has 4 N–H and O–H groups in total. The molecule has 0 aliphatic carbocycles. The molecular formula is C34H60N6. The standard InChI is InChI=1S/C34H60N6/c1-11-15-17-26(13-3)22-40(23-27(14-4)18-16-12-2)28-19-20-29(25(7)21-28)38-31(30(35)24(5)6)32(36)39-33(37)34(8,9)10/h19-21,24,26-27,35H,11-18,22-23H2,1-10H3,(H3,36,37,39). The molecule has 40 heavy (non-hydrogen) atoms. The minimum absolute atomic E-state index is 0.0559. The molecule has 0 radical (unpaired) electrons. The number of nitrogens with two attached hydrogens (primary N) is 1. The van der Waals surface area contributed by atoms with Crippen LogP contribution in [0.4, 0.5) is 11.4 Å². The molecule has 0 aliphatic rings. The molecule has 0 heterocycles. The highest BCUT2D eigenvalue weighted by atomic mass is 15.1. The van der Waals surface area contributed by atoms with Crippen molar-refractivity contribution >= 4 is 34.5 Å². The van der Waals surface area contributed by atoms with Gasteiger partial charge < -0.3 is 16.0 Å². The first kappa shape index (κ1) is 35.5. The van der Waals surface area contributed by atoms with Gasteiger partial charge in [0.15, 0.2) is 5.84 Å². The van der Waals surface area contributed by atoms with E-state index in [-0.39, 0.29) is 22.9 Å². The number of nitrogens with zero attached hydrogens (tertiary/aromatic N) is 3. The molecule has 0 saturated carbocycles. The van der Waals surface area contributed by atoms with Crippen molar-refractivity contribution in [3.05, 3.63) is 23.8 Å². The highest BCUT2D eigenvalue weighted by molar-refractivity contribution is 6.68. The van der Waals surface area contributed by atoms with Gasteiger partial charge in [-0.1, -0.05) is 101 Å². The zero-order valence-corrected chi connectivity index (χ0v) is 27.5. The van der Waals surface area contributed by atoms with Crippen molar-refractivity contribution in [1.29, 1.82) is 10.8 Å². The SMILES string of the molecule is CCCCC(CC)CN(CC(CC)CCCC)c1ccc(N=C(C(=N)N=C(N)C(C)(C)C)C(=N)C(C)C)c(C)c1. The Hall–Kier alpha value is -2.50. The van der Waals surface area contributed by atoms with Gasteiger partial charge in [0.05, 0.1) is 11.4 Å². The van der Waals surface area contributed by atoms with Gasteiger partial charge in [0.2, 0.25) is 0 Å². The summed E-state index contributed by atoms with van der Waals surface area (Å²) < 4.78 is 0. The van der Waals surface area contributed by atoms with Crippen LogP contribution in [0.25, 0.3) is 0 Å². The van der Waals surface area contributed by atoms with Crippen LogP contribution in [0.15, 0.2) is 28.2 Å². The molecule has 2 unspecified atom stereocenters. The van der Waals surface area contributed by atoms with Crippen LogP contribution in [-0.2, 0) is 0 Å². The molecule has 0 saturated heterocycles. The third kappa shape index (κ3) is 11.5. The largest absolute Gasteiger partial charge is 0.387 e. The minimum Gasteiger partial charge on any atom is -0.387 e. The summed E-state index contributed by atoms with van der Waals surface area (Å²) in [5.74, 6) is 1.60.